The van der Waals surface area contributed by atoms with Gasteiger partial charge in [-0.2, -0.15) is 0 Å². The van der Waals surface area contributed by atoms with E-state index in [1.807, 2.05) is 142 Å². The molecular formula is C93H70BrN13O13. The molecule has 27 heteroatoms. The molecule has 0 radical (unpaired) electrons. The Balaban J connectivity index is 0.000000109. The summed E-state index contributed by atoms with van der Waals surface area (Å²) in [5, 5.41) is 22.2. The number of para-hydroxylation sites is 1. The number of nitrogens with one attached hydrogen (secondary N) is 6. The Labute approximate surface area is 687 Å². The summed E-state index contributed by atoms with van der Waals surface area (Å²) in [5.41, 5.74) is 21.6. The van der Waals surface area contributed by atoms with Gasteiger partial charge in [0, 0.05) is 156 Å². The first-order chi connectivity index (χ1) is 58.5. The first-order valence-corrected chi connectivity index (χ1v) is 38.2. The van der Waals surface area contributed by atoms with Crippen LogP contribution in [-0.4, -0.2) is 141 Å². The molecule has 0 saturated carbocycles. The number of aromatic nitrogens is 13. The fourth-order valence-corrected chi connectivity index (χ4v) is 15.1. The fourth-order valence-electron chi connectivity index (χ4n) is 14.4. The number of benzene rings is 7. The zero-order chi connectivity index (χ0) is 83.8. The maximum Gasteiger partial charge on any atom is 0.356 e. The number of rotatable bonds is 12. The number of methoxy groups -OCH3 is 2. The van der Waals surface area contributed by atoms with Gasteiger partial charge in [-0.05, 0) is 183 Å². The third-order valence-electron chi connectivity index (χ3n) is 20.2. The van der Waals surface area contributed by atoms with Crippen molar-refractivity contribution >= 4 is 219 Å². The number of esters is 1. The van der Waals surface area contributed by atoms with Crippen LogP contribution in [0.25, 0.3) is 153 Å². The van der Waals surface area contributed by atoms with Crippen LogP contribution in [0.2, 0.25) is 0 Å². The number of ether oxygens (including phenoxy) is 3. The summed E-state index contributed by atoms with van der Waals surface area (Å²) in [4.78, 5) is 137. The second-order valence-corrected chi connectivity index (χ2v) is 28.2. The summed E-state index contributed by atoms with van der Waals surface area (Å²) in [6.45, 7) is 7.84. The monoisotopic (exact) mass is 1660 g/mol. The second-order valence-electron chi connectivity index (χ2n) is 27.4. The molecule has 0 amide bonds. The Hall–Kier alpha value is -15.6. The lowest BCUT2D eigenvalue weighted by Crippen LogP contribution is -2.06. The molecule has 21 aromatic rings. The summed E-state index contributed by atoms with van der Waals surface area (Å²) in [6, 6.07) is 50.0. The predicted octanol–water partition coefficient (Wildman–Crippen LogP) is 19.3. The third-order valence-corrected chi connectivity index (χ3v) is 21.1. The van der Waals surface area contributed by atoms with Crippen molar-refractivity contribution in [2.24, 2.45) is 0 Å². The molecule has 7 aromatic carbocycles. The Kier molecular flexibility index (Phi) is 23.1. The number of hydrogen-bond acceptors (Lipinski definition) is 20. The van der Waals surface area contributed by atoms with Crippen LogP contribution in [0.15, 0.2) is 216 Å². The molecule has 0 aliphatic rings. The van der Waals surface area contributed by atoms with Crippen molar-refractivity contribution in [2.45, 2.75) is 34.3 Å². The molecule has 0 aliphatic carbocycles. The van der Waals surface area contributed by atoms with Gasteiger partial charge in [-0.1, -0.05) is 12.1 Å². The predicted molar refractivity (Wildman–Crippen MR) is 468 cm³/mol. The molecule has 0 fully saturated rings. The number of aliphatic hydroxyl groups excluding tert-OH is 1. The molecule has 21 rings (SSSR count). The van der Waals surface area contributed by atoms with Crippen LogP contribution in [0.1, 0.15) is 113 Å². The minimum absolute atomic E-state index is 0.0873. The van der Waals surface area contributed by atoms with Crippen LogP contribution in [0.4, 0.5) is 0 Å². The van der Waals surface area contributed by atoms with Gasteiger partial charge in [-0.15, -0.1) is 0 Å². The fraction of sp³-hybridized carbons (Fsp3) is 0.0860. The molecule has 14 aromatic heterocycles. The molecule has 7 N–H and O–H groups in total. The zero-order valence-corrected chi connectivity index (χ0v) is 66.5. The molecule has 0 atom stereocenters. The highest BCUT2D eigenvalue weighted by molar-refractivity contribution is 9.10. The van der Waals surface area contributed by atoms with E-state index in [9.17, 15) is 38.4 Å². The SMILES string of the molecule is CCOC(=O)c1cc2c(cn1)[nH]c1ccc(C=O)cc12.COc1cc2[nH]c3c(C)nccc3c2c(Br)c1C=O.COc1cc2[nH]c3c(C)nccc3c2cc1C=O.Cc1nccc2c1[nH]c1ccc(C=O)cc12.O=Cc1ccc2[nH]c3cnc(CO)cc3c2c1.O=Cc1ccc2[nH]c3cnccc3c2c1.O=Cc1ccc2oc3ccccc3c2n1. The summed E-state index contributed by atoms with van der Waals surface area (Å²) in [6.07, 6.45) is 17.9. The van der Waals surface area contributed by atoms with E-state index in [-0.39, 0.29) is 12.3 Å². The highest BCUT2D eigenvalue weighted by atomic mass is 79.9. The van der Waals surface area contributed by atoms with E-state index in [0.29, 0.717) is 68.5 Å². The van der Waals surface area contributed by atoms with Gasteiger partial charge in [0.05, 0.1) is 124 Å². The molecular weight excluding hydrogens is 1590 g/mol. The largest absolute Gasteiger partial charge is 0.496 e. The molecule has 14 heterocycles. The van der Waals surface area contributed by atoms with Gasteiger partial charge in [0.1, 0.15) is 59.1 Å². The van der Waals surface area contributed by atoms with Crippen molar-refractivity contribution in [3.8, 4) is 11.5 Å². The number of hydrogen-bond donors (Lipinski definition) is 7. The van der Waals surface area contributed by atoms with Crippen LogP contribution in [0, 0.1) is 20.8 Å². The quantitative estimate of drug-likeness (QED) is 0.0441. The van der Waals surface area contributed by atoms with E-state index < -0.39 is 5.97 Å². The average molecular weight is 1660 g/mol. The number of halogens is 1. The number of aliphatic hydroxyl groups is 1. The first kappa shape index (κ1) is 79.6. The van der Waals surface area contributed by atoms with Crippen molar-refractivity contribution in [3.05, 3.63) is 279 Å². The van der Waals surface area contributed by atoms with E-state index >= 15 is 0 Å². The number of pyridine rings is 7. The summed E-state index contributed by atoms with van der Waals surface area (Å²) in [7, 11) is 3.11. The molecule has 26 nitrogen and oxygen atoms in total. The highest BCUT2D eigenvalue weighted by Crippen LogP contribution is 2.40. The van der Waals surface area contributed by atoms with Crippen molar-refractivity contribution in [3.63, 3.8) is 0 Å². The number of carbonyl (C=O) groups is 8. The summed E-state index contributed by atoms with van der Waals surface area (Å²) in [5.74, 6) is 0.677. The molecule has 120 heavy (non-hydrogen) atoms. The number of aromatic amines is 6. The second kappa shape index (κ2) is 34.8. The first-order valence-electron chi connectivity index (χ1n) is 37.4. The van der Waals surface area contributed by atoms with Crippen molar-refractivity contribution in [2.75, 3.05) is 20.8 Å². The maximum atomic E-state index is 11.7. The molecule has 0 saturated heterocycles. The molecule has 592 valence electrons. The number of H-pyrrole nitrogens is 6. The van der Waals surface area contributed by atoms with Crippen molar-refractivity contribution in [1.29, 1.82) is 0 Å². The lowest BCUT2D eigenvalue weighted by Gasteiger charge is -2.06. The lowest BCUT2D eigenvalue weighted by molar-refractivity contribution is 0.0519. The van der Waals surface area contributed by atoms with Crippen molar-refractivity contribution in [1.82, 2.24) is 64.8 Å². The number of aldehydes is 7. The van der Waals surface area contributed by atoms with E-state index in [4.69, 9.17) is 23.7 Å². The summed E-state index contributed by atoms with van der Waals surface area (Å²) >= 11 is 3.51. The average Bonchev–Trinajstić information content (AvgIpc) is 1.60. The Morgan fingerprint density at radius 1 is 0.425 bits per heavy atom. The molecule has 0 aliphatic heterocycles. The summed E-state index contributed by atoms with van der Waals surface area (Å²) < 4.78 is 21.7. The Morgan fingerprint density at radius 2 is 0.908 bits per heavy atom. The van der Waals surface area contributed by atoms with Gasteiger partial charge < -0.3 is 53.6 Å². The zero-order valence-electron chi connectivity index (χ0n) is 64.9. The van der Waals surface area contributed by atoms with Crippen LogP contribution >= 0.6 is 15.9 Å². The number of fused-ring (bicyclic) bond motifs is 21. The van der Waals surface area contributed by atoms with Crippen LogP contribution in [0.5, 0.6) is 11.5 Å². The van der Waals surface area contributed by atoms with Gasteiger partial charge in [-0.3, -0.25) is 58.5 Å². The number of carbonyl (C=O) groups excluding carboxylic acids is 8. The van der Waals surface area contributed by atoms with Gasteiger partial charge in [0.2, 0.25) is 0 Å². The maximum absolute atomic E-state index is 11.7. The van der Waals surface area contributed by atoms with E-state index in [0.717, 1.165) is 213 Å². The van der Waals surface area contributed by atoms with Crippen LogP contribution in [0.3, 0.4) is 0 Å². The molecule has 0 unspecified atom stereocenters. The van der Waals surface area contributed by atoms with E-state index in [1.165, 1.54) is 0 Å². The normalized spacial score (nSPS) is 11.0. The van der Waals surface area contributed by atoms with Gasteiger partial charge in [0.15, 0.2) is 24.4 Å². The number of nitrogens with zero attached hydrogens (tertiary/aromatic N) is 7. The Bertz CT molecular complexity index is 7500. The topological polar surface area (TPSA) is 383 Å². The Morgan fingerprint density at radius 3 is 1.46 bits per heavy atom. The van der Waals surface area contributed by atoms with Crippen LogP contribution < -0.4 is 9.47 Å². The lowest BCUT2D eigenvalue weighted by atomic mass is 10.1. The van der Waals surface area contributed by atoms with Crippen LogP contribution in [-0.2, 0) is 11.3 Å². The number of aryl methyl sites for hydroxylation is 3. The standard InChI is InChI=1S/C15H12N2O3.C14H11BrN2O2.C14H12N2O2.C13H10N2O2.C13H10N2O.C12H8N2O.C12H7NO2/c1-2-20-15(19)13-6-11-10-5-9(8-18)3-4-12(10)17-14(11)7-16-13;1-7-14-8(3-4-16-7)12-10(17-14)5-11(19-2)9(6-18)13(12)15;1-8-14-10(3-4-15-8)11-5-9(7-17)13(18-2)6-12(11)16-14;16-6-8-1-2-12-10(3-8)11-4-9(7-17)14-5-13(11)15-12;1-8-13-10(4-5-14-8)11-6-9(7-16)2-3-12(11)15-13;15-7-8-1-2-11-10(5-8)9-3-4-13-6-12(9)14-11;14-7-8-5-6-11-12(13-8)9-3-1-2-4-10(9)15-11/h3-8,17H,2H2,1H3;3-6,17H,1-2H3;3-7,16H,1-2H3;1-6,15,17H,7H2;2-7,15H,1H3;1-7,14H;1-7H. The smallest absolute Gasteiger partial charge is 0.356 e. The minimum atomic E-state index is -0.449. The van der Waals surface area contributed by atoms with Crippen molar-refractivity contribution < 1.29 is 62.1 Å². The molecule has 0 spiro atoms. The van der Waals surface area contributed by atoms with Gasteiger partial charge >= 0.3 is 5.97 Å². The number of furan rings is 1. The van der Waals surface area contributed by atoms with E-state index in [1.54, 1.807) is 107 Å². The van der Waals surface area contributed by atoms with Gasteiger partial charge in [-0.25, -0.2) is 14.8 Å². The highest BCUT2D eigenvalue weighted by Gasteiger charge is 2.19. The molecule has 0 bridgehead atoms. The third kappa shape index (κ3) is 15.8. The van der Waals surface area contributed by atoms with Gasteiger partial charge in [0.25, 0.3) is 0 Å². The van der Waals surface area contributed by atoms with E-state index in [2.05, 4.69) is 80.7 Å². The minimum Gasteiger partial charge on any atom is -0.496 e.